The van der Waals surface area contributed by atoms with Crippen molar-refractivity contribution in [3.8, 4) is 17.1 Å². The number of amides is 1. The molecule has 0 N–H and O–H groups in total. The van der Waals surface area contributed by atoms with Crippen LogP contribution in [0.5, 0.6) is 5.75 Å². The molecule has 36 heavy (non-hydrogen) atoms. The summed E-state index contributed by atoms with van der Waals surface area (Å²) in [5.41, 5.74) is 2.75. The molecule has 1 aliphatic heterocycles. The molecule has 0 bridgehead atoms. The highest BCUT2D eigenvalue weighted by Gasteiger charge is 2.26. The van der Waals surface area contributed by atoms with E-state index in [1.54, 1.807) is 24.1 Å². The molecule has 2 aromatic heterocycles. The van der Waals surface area contributed by atoms with Crippen LogP contribution in [0.25, 0.3) is 27.9 Å². The lowest BCUT2D eigenvalue weighted by Gasteiger charge is -2.35. The number of halogens is 1. The van der Waals surface area contributed by atoms with Crippen LogP contribution in [0.4, 0.5) is 10.3 Å². The normalized spacial score (nSPS) is 13.9. The van der Waals surface area contributed by atoms with Crippen molar-refractivity contribution >= 4 is 28.4 Å². The van der Waals surface area contributed by atoms with Gasteiger partial charge in [-0.1, -0.05) is 30.3 Å². The quantitative estimate of drug-likeness (QED) is 0.385. The first-order valence-corrected chi connectivity index (χ1v) is 11.7. The molecule has 9 heteroatoms. The Morgan fingerprint density at radius 1 is 0.917 bits per heavy atom. The lowest BCUT2D eigenvalue weighted by Crippen LogP contribution is -2.49. The predicted octanol–water partition coefficient (Wildman–Crippen LogP) is 4.05. The summed E-state index contributed by atoms with van der Waals surface area (Å²) in [6, 6.07) is 21.4. The number of carbonyl (C=O) groups excluding carboxylic acids is 1. The topological polar surface area (TPSA) is 75.9 Å². The zero-order chi connectivity index (χ0) is 24.6. The highest BCUT2D eigenvalue weighted by atomic mass is 19.1. The van der Waals surface area contributed by atoms with Gasteiger partial charge >= 0.3 is 0 Å². The van der Waals surface area contributed by atoms with Crippen molar-refractivity contribution in [2.24, 2.45) is 0 Å². The molecule has 0 unspecified atom stereocenters. The number of fused-ring (bicyclic) bond motifs is 3. The molecule has 0 atom stereocenters. The van der Waals surface area contributed by atoms with Gasteiger partial charge < -0.3 is 14.5 Å². The van der Waals surface area contributed by atoms with E-state index < -0.39 is 5.82 Å². The van der Waals surface area contributed by atoms with Crippen LogP contribution in [0, 0.1) is 5.82 Å². The molecule has 1 saturated heterocycles. The molecule has 3 heterocycles. The Morgan fingerprint density at radius 3 is 2.53 bits per heavy atom. The molecule has 1 amide bonds. The minimum Gasteiger partial charge on any atom is -0.497 e. The van der Waals surface area contributed by atoms with Gasteiger partial charge in [0.1, 0.15) is 11.6 Å². The van der Waals surface area contributed by atoms with Gasteiger partial charge in [0.05, 0.1) is 12.6 Å². The van der Waals surface area contributed by atoms with Crippen molar-refractivity contribution < 1.29 is 13.9 Å². The zero-order valence-corrected chi connectivity index (χ0v) is 19.6. The molecular weight excluding hydrogens is 459 g/mol. The standard InChI is InChI=1S/C27H23FN6O2/c1-36-21-9-5-6-18(17-21)24-30-31-25-22-10-2-3-11-23(22)29-27(34(24)25)33-14-12-32(13-15-33)26(35)19-7-4-8-20(28)16-19/h2-11,16-17H,12-15H2,1H3. The van der Waals surface area contributed by atoms with Crippen molar-refractivity contribution in [1.82, 2.24) is 24.5 Å². The van der Waals surface area contributed by atoms with Gasteiger partial charge in [-0.15, -0.1) is 10.2 Å². The van der Waals surface area contributed by atoms with Crippen LogP contribution in [0.3, 0.4) is 0 Å². The SMILES string of the molecule is COc1cccc(-c2nnc3c4ccccc4nc(N4CCN(C(=O)c5cccc(F)c5)CC4)n23)c1. The van der Waals surface area contributed by atoms with Gasteiger partial charge in [0, 0.05) is 42.7 Å². The lowest BCUT2D eigenvalue weighted by molar-refractivity contribution is 0.0745. The third-order valence-electron chi connectivity index (χ3n) is 6.48. The van der Waals surface area contributed by atoms with Gasteiger partial charge in [0.15, 0.2) is 11.5 Å². The van der Waals surface area contributed by atoms with Crippen molar-refractivity contribution in [1.29, 1.82) is 0 Å². The van der Waals surface area contributed by atoms with Crippen LogP contribution in [-0.2, 0) is 0 Å². The first kappa shape index (κ1) is 22.0. The van der Waals surface area contributed by atoms with Gasteiger partial charge in [-0.2, -0.15) is 0 Å². The Bertz CT molecular complexity index is 1590. The summed E-state index contributed by atoms with van der Waals surface area (Å²) in [6.07, 6.45) is 0. The first-order chi connectivity index (χ1) is 17.6. The molecule has 1 aliphatic rings. The summed E-state index contributed by atoms with van der Waals surface area (Å²) < 4.78 is 21.0. The Labute approximate surface area is 206 Å². The average Bonchev–Trinajstić information content (AvgIpc) is 3.38. The zero-order valence-electron chi connectivity index (χ0n) is 19.6. The predicted molar refractivity (Wildman–Crippen MR) is 135 cm³/mol. The van der Waals surface area contributed by atoms with E-state index in [1.807, 2.05) is 52.9 Å². The molecule has 8 nitrogen and oxygen atoms in total. The van der Waals surface area contributed by atoms with Crippen LogP contribution < -0.4 is 9.64 Å². The first-order valence-electron chi connectivity index (χ1n) is 11.7. The smallest absolute Gasteiger partial charge is 0.254 e. The Hall–Kier alpha value is -4.53. The fourth-order valence-corrected chi connectivity index (χ4v) is 4.64. The number of para-hydroxylation sites is 1. The molecule has 0 saturated carbocycles. The summed E-state index contributed by atoms with van der Waals surface area (Å²) in [4.78, 5) is 21.8. The molecular formula is C27H23FN6O2. The number of piperazine rings is 1. The highest BCUT2D eigenvalue weighted by Crippen LogP contribution is 2.30. The number of hydrogen-bond acceptors (Lipinski definition) is 6. The maximum Gasteiger partial charge on any atom is 0.254 e. The van der Waals surface area contributed by atoms with Gasteiger partial charge in [-0.3, -0.25) is 4.79 Å². The van der Waals surface area contributed by atoms with Crippen molar-refractivity contribution in [2.75, 3.05) is 38.2 Å². The van der Waals surface area contributed by atoms with Crippen molar-refractivity contribution in [3.05, 3.63) is 84.2 Å². The third kappa shape index (κ3) is 3.78. The number of ether oxygens (including phenoxy) is 1. The number of carbonyl (C=O) groups is 1. The summed E-state index contributed by atoms with van der Waals surface area (Å²) in [6.45, 7) is 2.11. The fourth-order valence-electron chi connectivity index (χ4n) is 4.64. The van der Waals surface area contributed by atoms with E-state index in [-0.39, 0.29) is 5.91 Å². The number of methoxy groups -OCH3 is 1. The monoisotopic (exact) mass is 482 g/mol. The number of hydrogen-bond donors (Lipinski definition) is 0. The lowest BCUT2D eigenvalue weighted by atomic mass is 10.1. The van der Waals surface area contributed by atoms with Gasteiger partial charge in [-0.05, 0) is 42.5 Å². The molecule has 0 spiro atoms. The Morgan fingerprint density at radius 2 is 1.72 bits per heavy atom. The summed E-state index contributed by atoms with van der Waals surface area (Å²) in [7, 11) is 1.63. The van der Waals surface area contributed by atoms with Crippen LogP contribution >= 0.6 is 0 Å². The maximum atomic E-state index is 13.6. The number of benzene rings is 3. The number of aromatic nitrogens is 4. The molecule has 0 radical (unpaired) electrons. The second-order valence-electron chi connectivity index (χ2n) is 8.63. The minimum atomic E-state index is -0.417. The molecule has 3 aromatic carbocycles. The average molecular weight is 483 g/mol. The van der Waals surface area contributed by atoms with E-state index >= 15 is 0 Å². The van der Waals surface area contributed by atoms with Gasteiger partial charge in [-0.25, -0.2) is 13.8 Å². The molecule has 180 valence electrons. The third-order valence-corrected chi connectivity index (χ3v) is 6.48. The van der Waals surface area contributed by atoms with Crippen LogP contribution in [-0.4, -0.2) is 63.7 Å². The summed E-state index contributed by atoms with van der Waals surface area (Å²) in [5, 5.41) is 9.96. The molecule has 1 fully saturated rings. The number of rotatable bonds is 4. The minimum absolute atomic E-state index is 0.174. The van der Waals surface area contributed by atoms with Crippen LogP contribution in [0.1, 0.15) is 10.4 Å². The second kappa shape index (κ2) is 8.92. The maximum absolute atomic E-state index is 13.6. The van der Waals surface area contributed by atoms with E-state index in [1.165, 1.54) is 12.1 Å². The van der Waals surface area contributed by atoms with Gasteiger partial charge in [0.25, 0.3) is 5.91 Å². The summed E-state index contributed by atoms with van der Waals surface area (Å²) >= 11 is 0. The van der Waals surface area contributed by atoms with Crippen molar-refractivity contribution in [3.63, 3.8) is 0 Å². The Kier molecular flexibility index (Phi) is 5.44. The van der Waals surface area contributed by atoms with E-state index in [2.05, 4.69) is 15.1 Å². The van der Waals surface area contributed by atoms with E-state index in [9.17, 15) is 9.18 Å². The van der Waals surface area contributed by atoms with E-state index in [0.29, 0.717) is 49.2 Å². The summed E-state index contributed by atoms with van der Waals surface area (Å²) in [5.74, 6) is 1.51. The Balaban J connectivity index is 1.39. The van der Waals surface area contributed by atoms with Crippen LogP contribution in [0.15, 0.2) is 72.8 Å². The largest absolute Gasteiger partial charge is 0.497 e. The van der Waals surface area contributed by atoms with Crippen LogP contribution in [0.2, 0.25) is 0 Å². The molecule has 0 aliphatic carbocycles. The highest BCUT2D eigenvalue weighted by molar-refractivity contribution is 5.95. The van der Waals surface area contributed by atoms with E-state index in [4.69, 9.17) is 9.72 Å². The second-order valence-corrected chi connectivity index (χ2v) is 8.63. The van der Waals surface area contributed by atoms with Crippen molar-refractivity contribution in [2.45, 2.75) is 0 Å². The number of anilines is 1. The number of nitrogens with zero attached hydrogens (tertiary/aromatic N) is 6. The van der Waals surface area contributed by atoms with E-state index in [0.717, 1.165) is 22.2 Å². The van der Waals surface area contributed by atoms with Gasteiger partial charge in [0.2, 0.25) is 5.95 Å². The molecule has 5 aromatic rings. The molecule has 6 rings (SSSR count). The fraction of sp³-hybridized carbons (Fsp3) is 0.185.